The molecule has 1 unspecified atom stereocenters. The molecule has 172 valence electrons. The molecule has 2 aromatic carbocycles. The summed E-state index contributed by atoms with van der Waals surface area (Å²) in [6.45, 7) is 4.51. The minimum absolute atomic E-state index is 0.311. The first-order chi connectivity index (χ1) is 16.2. The van der Waals surface area contributed by atoms with Gasteiger partial charge in [0.2, 0.25) is 0 Å². The molecule has 0 aliphatic heterocycles. The van der Waals surface area contributed by atoms with E-state index in [0.717, 1.165) is 68.7 Å². The third-order valence-corrected chi connectivity index (χ3v) is 7.69. The number of fused-ring (bicyclic) bond motifs is 3. The molecule has 1 saturated carbocycles. The smallest absolute Gasteiger partial charge is 0.143 e. The first-order valence-corrected chi connectivity index (χ1v) is 12.6. The zero-order valence-electron chi connectivity index (χ0n) is 19.0. The predicted octanol–water partition coefficient (Wildman–Crippen LogP) is 4.58. The summed E-state index contributed by atoms with van der Waals surface area (Å²) < 4.78 is 24.5. The predicted molar refractivity (Wildman–Crippen MR) is 133 cm³/mol. The lowest BCUT2D eigenvalue weighted by Gasteiger charge is -2.12. The van der Waals surface area contributed by atoms with Crippen LogP contribution in [-0.2, 0) is 15.5 Å². The fourth-order valence-corrected chi connectivity index (χ4v) is 5.48. The number of nitrogens with one attached hydrogen (secondary N) is 2. The number of hydrogen-bond donors (Lipinski definition) is 2. The molecule has 1 aliphatic rings. The Kier molecular flexibility index (Phi) is 6.44. The third kappa shape index (κ3) is 4.67. The van der Waals surface area contributed by atoms with E-state index >= 15 is 0 Å². The number of H-pyrrole nitrogens is 1. The highest BCUT2D eigenvalue weighted by molar-refractivity contribution is 7.86. The molecule has 33 heavy (non-hydrogen) atoms. The van der Waals surface area contributed by atoms with E-state index in [0.29, 0.717) is 25.1 Å². The maximum Gasteiger partial charge on any atom is 0.143 e. The summed E-state index contributed by atoms with van der Waals surface area (Å²) in [4.78, 5) is 8.97. The number of hydrogen-bond acceptors (Lipinski definition) is 5. The van der Waals surface area contributed by atoms with Crippen LogP contribution in [0, 0.1) is 6.92 Å². The van der Waals surface area contributed by atoms with E-state index < -0.39 is 10.8 Å². The summed E-state index contributed by atoms with van der Waals surface area (Å²) in [6.07, 6.45) is 3.98. The van der Waals surface area contributed by atoms with E-state index in [1.807, 2.05) is 38.4 Å². The van der Waals surface area contributed by atoms with Crippen LogP contribution < -0.4 is 10.1 Å². The normalized spacial score (nSPS) is 14.7. The quantitative estimate of drug-likeness (QED) is 0.337. The second kappa shape index (κ2) is 9.63. The lowest BCUT2D eigenvalue weighted by molar-refractivity contribution is 0.103. The Morgan fingerprint density at radius 2 is 2.03 bits per heavy atom. The fourth-order valence-electron chi connectivity index (χ4n) is 4.08. The van der Waals surface area contributed by atoms with Crippen LogP contribution >= 0.6 is 0 Å². The van der Waals surface area contributed by atoms with Crippen molar-refractivity contribution in [2.75, 3.05) is 33.4 Å². The average Bonchev–Trinajstić information content (AvgIpc) is 3.62. The summed E-state index contributed by atoms with van der Waals surface area (Å²) in [6, 6.07) is 14.4. The highest BCUT2D eigenvalue weighted by Crippen LogP contribution is 2.40. The molecular weight excluding hydrogens is 434 g/mol. The standard InChI is InChI=1S/C26H29N3O3S/c1-17-14-22-24-21(18-4-3-5-20(15-18)33(30)19-6-7-19)8-9-23(25(24)29-26(22)28-16-17)32-13-12-31-11-10-27-2/h3-5,8-9,14-16,19,27H,6-7,10-13H2,1-2H3,(H,28,29). The molecule has 1 atom stereocenters. The SMILES string of the molecule is CNCCOCCOc1ccc(-c2cccc(S(=O)C3CC3)c2)c2c1[nH]c1ncc(C)cc12. The Labute approximate surface area is 196 Å². The number of rotatable bonds is 10. The molecule has 6 nitrogen and oxygen atoms in total. The molecule has 1 fully saturated rings. The van der Waals surface area contributed by atoms with Gasteiger partial charge in [0.05, 0.1) is 29.5 Å². The average molecular weight is 464 g/mol. The summed E-state index contributed by atoms with van der Waals surface area (Å²) in [5.41, 5.74) is 4.98. The number of benzene rings is 2. The van der Waals surface area contributed by atoms with Crippen LogP contribution in [0.25, 0.3) is 33.1 Å². The van der Waals surface area contributed by atoms with Crippen molar-refractivity contribution in [3.8, 4) is 16.9 Å². The van der Waals surface area contributed by atoms with Gasteiger partial charge >= 0.3 is 0 Å². The first-order valence-electron chi connectivity index (χ1n) is 11.4. The molecule has 2 N–H and O–H groups in total. The number of aromatic nitrogens is 2. The van der Waals surface area contributed by atoms with E-state index in [1.54, 1.807) is 0 Å². The Hall–Kier alpha value is -2.74. The van der Waals surface area contributed by atoms with Gasteiger partial charge < -0.3 is 19.8 Å². The molecular formula is C26H29N3O3S. The van der Waals surface area contributed by atoms with Crippen LogP contribution in [0.5, 0.6) is 5.75 Å². The maximum absolute atomic E-state index is 12.8. The number of ether oxygens (including phenoxy) is 2. The summed E-state index contributed by atoms with van der Waals surface area (Å²) in [7, 11) is 0.967. The number of aromatic amines is 1. The van der Waals surface area contributed by atoms with Crippen molar-refractivity contribution in [2.45, 2.75) is 29.9 Å². The van der Waals surface area contributed by atoms with E-state index in [-0.39, 0.29) is 0 Å². The monoisotopic (exact) mass is 463 g/mol. The molecule has 1 aliphatic carbocycles. The van der Waals surface area contributed by atoms with Gasteiger partial charge in [-0.05, 0) is 73.8 Å². The van der Waals surface area contributed by atoms with Crippen molar-refractivity contribution in [3.63, 3.8) is 0 Å². The van der Waals surface area contributed by atoms with Crippen molar-refractivity contribution in [1.82, 2.24) is 15.3 Å². The molecule has 0 amide bonds. The second-order valence-corrected chi connectivity index (χ2v) is 10.2. The van der Waals surface area contributed by atoms with Gasteiger partial charge in [0.1, 0.15) is 18.0 Å². The Morgan fingerprint density at radius 1 is 1.15 bits per heavy atom. The maximum atomic E-state index is 12.8. The lowest BCUT2D eigenvalue weighted by atomic mass is 9.99. The zero-order valence-corrected chi connectivity index (χ0v) is 19.8. The van der Waals surface area contributed by atoms with E-state index in [4.69, 9.17) is 9.47 Å². The molecule has 0 saturated heterocycles. The van der Waals surface area contributed by atoms with Gasteiger partial charge in [-0.25, -0.2) is 4.98 Å². The van der Waals surface area contributed by atoms with Gasteiger partial charge in [-0.1, -0.05) is 12.1 Å². The molecule has 5 rings (SSSR count). The third-order valence-electron chi connectivity index (χ3n) is 5.89. The van der Waals surface area contributed by atoms with Gasteiger partial charge in [-0.2, -0.15) is 0 Å². The molecule has 4 aromatic rings. The van der Waals surface area contributed by atoms with Crippen LogP contribution in [0.4, 0.5) is 0 Å². The van der Waals surface area contributed by atoms with Crippen molar-refractivity contribution in [3.05, 3.63) is 54.2 Å². The largest absolute Gasteiger partial charge is 0.489 e. The van der Waals surface area contributed by atoms with Crippen molar-refractivity contribution >= 4 is 32.7 Å². The number of nitrogens with zero attached hydrogens (tertiary/aromatic N) is 1. The highest BCUT2D eigenvalue weighted by atomic mass is 32.2. The Balaban J connectivity index is 1.54. The summed E-state index contributed by atoms with van der Waals surface area (Å²) in [5.74, 6) is 0.777. The van der Waals surface area contributed by atoms with Gasteiger partial charge in [-0.3, -0.25) is 4.21 Å². The zero-order chi connectivity index (χ0) is 22.8. The van der Waals surface area contributed by atoms with Gasteiger partial charge in [0.25, 0.3) is 0 Å². The summed E-state index contributed by atoms with van der Waals surface area (Å²) >= 11 is 0. The number of likely N-dealkylation sites (N-methyl/N-ethyl adjacent to an activating group) is 1. The number of pyridine rings is 1. The topological polar surface area (TPSA) is 76.2 Å². The highest BCUT2D eigenvalue weighted by Gasteiger charge is 2.29. The van der Waals surface area contributed by atoms with Crippen molar-refractivity contribution < 1.29 is 13.7 Å². The molecule has 0 bridgehead atoms. The Morgan fingerprint density at radius 3 is 2.85 bits per heavy atom. The van der Waals surface area contributed by atoms with E-state index in [9.17, 15) is 4.21 Å². The fraction of sp³-hybridized carbons (Fsp3) is 0.346. The van der Waals surface area contributed by atoms with E-state index in [2.05, 4.69) is 39.6 Å². The molecule has 0 radical (unpaired) electrons. The van der Waals surface area contributed by atoms with Crippen LogP contribution in [0.2, 0.25) is 0 Å². The van der Waals surface area contributed by atoms with E-state index in [1.165, 1.54) is 0 Å². The van der Waals surface area contributed by atoms with Crippen molar-refractivity contribution in [2.24, 2.45) is 0 Å². The van der Waals surface area contributed by atoms with Crippen LogP contribution in [-0.4, -0.2) is 52.8 Å². The molecule has 0 spiro atoms. The minimum atomic E-state index is -0.939. The van der Waals surface area contributed by atoms with Gasteiger partial charge in [0, 0.05) is 33.7 Å². The van der Waals surface area contributed by atoms with Crippen molar-refractivity contribution in [1.29, 1.82) is 0 Å². The minimum Gasteiger partial charge on any atom is -0.489 e. The molecule has 2 heterocycles. The van der Waals surface area contributed by atoms with Crippen LogP contribution in [0.3, 0.4) is 0 Å². The Bertz CT molecular complexity index is 1310. The summed E-state index contributed by atoms with van der Waals surface area (Å²) in [5, 5.41) is 5.51. The first kappa shape index (κ1) is 22.1. The lowest BCUT2D eigenvalue weighted by Crippen LogP contribution is -2.16. The van der Waals surface area contributed by atoms with Crippen LogP contribution in [0.1, 0.15) is 18.4 Å². The molecule has 7 heteroatoms. The second-order valence-electron chi connectivity index (χ2n) is 8.48. The molecule has 2 aromatic heterocycles. The van der Waals surface area contributed by atoms with Crippen LogP contribution in [0.15, 0.2) is 53.6 Å². The number of aryl methyl sites for hydroxylation is 1. The van der Waals surface area contributed by atoms with Gasteiger partial charge in [-0.15, -0.1) is 0 Å². The van der Waals surface area contributed by atoms with Gasteiger partial charge in [0.15, 0.2) is 0 Å².